The van der Waals surface area contributed by atoms with E-state index < -0.39 is 0 Å². The van der Waals surface area contributed by atoms with E-state index in [9.17, 15) is 0 Å². The maximum atomic E-state index is 4.57. The summed E-state index contributed by atoms with van der Waals surface area (Å²) in [7, 11) is 0. The van der Waals surface area contributed by atoms with Crippen LogP contribution in [0.2, 0.25) is 0 Å². The van der Waals surface area contributed by atoms with E-state index in [2.05, 4.69) is 37.7 Å². The summed E-state index contributed by atoms with van der Waals surface area (Å²) in [6.07, 6.45) is 8.15. The number of thiazole rings is 1. The average molecular weight is 331 g/mol. The lowest BCUT2D eigenvalue weighted by molar-refractivity contribution is 0.163. The predicted octanol–water partition coefficient (Wildman–Crippen LogP) is 3.30. The molecule has 0 N–H and O–H groups in total. The molecule has 4 heterocycles. The van der Waals surface area contributed by atoms with Crippen molar-refractivity contribution in [2.45, 2.75) is 25.4 Å². The number of hydrogen-bond donors (Lipinski definition) is 0. The van der Waals surface area contributed by atoms with Crippen molar-refractivity contribution in [1.29, 1.82) is 0 Å². The maximum absolute atomic E-state index is 4.57. The minimum Gasteiger partial charge on any atom is -0.296 e. The Morgan fingerprint density at radius 1 is 1.36 bits per heavy atom. The third-order valence-corrected chi connectivity index (χ3v) is 5.98. The van der Waals surface area contributed by atoms with Crippen LogP contribution in [0.25, 0.3) is 9.88 Å². The fraction of sp³-hybridized carbons (Fsp3) is 0.400. The number of hydrogen-bond acceptors (Lipinski definition) is 6. The molecule has 22 heavy (non-hydrogen) atoms. The molecule has 114 valence electrons. The van der Waals surface area contributed by atoms with Crippen molar-refractivity contribution in [3.05, 3.63) is 41.0 Å². The largest absolute Gasteiger partial charge is 0.296 e. The molecule has 0 spiro atoms. The summed E-state index contributed by atoms with van der Waals surface area (Å²) in [5, 5.41) is 11.3. The Balaban J connectivity index is 1.43. The minimum absolute atomic E-state index is 0.445. The van der Waals surface area contributed by atoms with E-state index in [4.69, 9.17) is 0 Å². The van der Waals surface area contributed by atoms with Crippen LogP contribution >= 0.6 is 22.7 Å². The van der Waals surface area contributed by atoms with Crippen molar-refractivity contribution in [3.63, 3.8) is 0 Å². The highest BCUT2D eigenvalue weighted by Crippen LogP contribution is 2.30. The molecule has 7 heteroatoms. The third-order valence-electron chi connectivity index (χ3n) is 3.96. The van der Waals surface area contributed by atoms with Crippen LogP contribution in [0.4, 0.5) is 0 Å². The molecule has 0 saturated carbocycles. The summed E-state index contributed by atoms with van der Waals surface area (Å²) >= 11 is 3.56. The normalized spacial score (nSPS) is 19.5. The van der Waals surface area contributed by atoms with Crippen molar-refractivity contribution >= 4 is 22.7 Å². The Morgan fingerprint density at radius 2 is 2.36 bits per heavy atom. The van der Waals surface area contributed by atoms with Gasteiger partial charge in [0.2, 0.25) is 0 Å². The van der Waals surface area contributed by atoms with Crippen molar-refractivity contribution in [2.24, 2.45) is 0 Å². The van der Waals surface area contributed by atoms with Gasteiger partial charge in [0.1, 0.15) is 5.01 Å². The summed E-state index contributed by atoms with van der Waals surface area (Å²) in [5.41, 5.74) is 0. The number of nitrogens with zero attached hydrogens (tertiary/aromatic N) is 5. The van der Waals surface area contributed by atoms with Gasteiger partial charge >= 0.3 is 0 Å². The van der Waals surface area contributed by atoms with Gasteiger partial charge in [-0.15, -0.1) is 27.8 Å². The second-order valence-corrected chi connectivity index (χ2v) is 7.59. The number of aromatic nitrogens is 4. The van der Waals surface area contributed by atoms with E-state index in [0.29, 0.717) is 6.04 Å². The zero-order chi connectivity index (χ0) is 14.8. The molecular formula is C15H17N5S2. The molecule has 3 aromatic heterocycles. The highest BCUT2D eigenvalue weighted by Gasteiger charge is 2.22. The molecule has 4 rings (SSSR count). The van der Waals surface area contributed by atoms with E-state index in [1.807, 2.05) is 17.1 Å². The molecule has 0 aliphatic carbocycles. The fourth-order valence-corrected chi connectivity index (χ4v) is 4.68. The Hall–Kier alpha value is -1.57. The lowest BCUT2D eigenvalue weighted by Crippen LogP contribution is -2.36. The lowest BCUT2D eigenvalue weighted by Gasteiger charge is -2.32. The van der Waals surface area contributed by atoms with Gasteiger partial charge in [-0.1, -0.05) is 11.3 Å². The average Bonchev–Trinajstić information content (AvgIpc) is 3.29. The summed E-state index contributed by atoms with van der Waals surface area (Å²) < 4.78 is 2.00. The van der Waals surface area contributed by atoms with Crippen molar-refractivity contribution in [2.75, 3.05) is 13.1 Å². The molecule has 1 atom stereocenters. The Bertz CT molecular complexity index is 704. The molecule has 0 bridgehead atoms. The van der Waals surface area contributed by atoms with E-state index >= 15 is 0 Å². The van der Waals surface area contributed by atoms with Crippen LogP contribution in [0.1, 0.15) is 23.8 Å². The van der Waals surface area contributed by atoms with Crippen LogP contribution in [0, 0.1) is 0 Å². The van der Waals surface area contributed by atoms with Crippen LogP contribution in [-0.4, -0.2) is 38.0 Å². The van der Waals surface area contributed by atoms with Gasteiger partial charge in [-0.3, -0.25) is 4.90 Å². The Labute approximate surface area is 137 Å². The summed E-state index contributed by atoms with van der Waals surface area (Å²) in [5.74, 6) is 0. The quantitative estimate of drug-likeness (QED) is 0.736. The van der Waals surface area contributed by atoms with Gasteiger partial charge in [0.05, 0.1) is 17.1 Å². The van der Waals surface area contributed by atoms with Gasteiger partial charge in [0, 0.05) is 30.4 Å². The minimum atomic E-state index is 0.445. The molecule has 3 aromatic rings. The first-order chi connectivity index (χ1) is 10.9. The smallest absolute Gasteiger partial charge is 0.133 e. The summed E-state index contributed by atoms with van der Waals surface area (Å²) in [6, 6.07) is 4.66. The van der Waals surface area contributed by atoms with Gasteiger partial charge < -0.3 is 0 Å². The van der Waals surface area contributed by atoms with Crippen molar-refractivity contribution in [1.82, 2.24) is 24.9 Å². The summed E-state index contributed by atoms with van der Waals surface area (Å²) in [6.45, 7) is 3.17. The molecule has 0 aromatic carbocycles. The van der Waals surface area contributed by atoms with Gasteiger partial charge in [0.25, 0.3) is 0 Å². The van der Waals surface area contributed by atoms with Crippen LogP contribution in [0.15, 0.2) is 36.1 Å². The zero-order valence-electron chi connectivity index (χ0n) is 12.1. The van der Waals surface area contributed by atoms with Crippen molar-refractivity contribution < 1.29 is 0 Å². The van der Waals surface area contributed by atoms with Gasteiger partial charge in [0.15, 0.2) is 0 Å². The van der Waals surface area contributed by atoms with Crippen LogP contribution in [0.3, 0.4) is 0 Å². The zero-order valence-corrected chi connectivity index (χ0v) is 13.8. The monoisotopic (exact) mass is 331 g/mol. The number of thiophene rings is 1. The highest BCUT2D eigenvalue weighted by atomic mass is 32.1. The predicted molar refractivity (Wildman–Crippen MR) is 89.0 cm³/mol. The molecule has 1 aliphatic heterocycles. The molecule has 0 amide bonds. The first-order valence-electron chi connectivity index (χ1n) is 7.45. The molecule has 0 radical (unpaired) electrons. The van der Waals surface area contributed by atoms with Gasteiger partial charge in [-0.25, -0.2) is 9.67 Å². The SMILES string of the molecule is c1csc(-c2ncc(CN3CCCC(n4ccnn4)C3)s2)c1. The van der Waals surface area contributed by atoms with Crippen molar-refractivity contribution in [3.8, 4) is 9.88 Å². The first kappa shape index (κ1) is 14.0. The Morgan fingerprint density at radius 3 is 3.18 bits per heavy atom. The van der Waals surface area contributed by atoms with Gasteiger partial charge in [-0.2, -0.15) is 0 Å². The standard InChI is InChI=1S/C15H17N5S2/c1-3-12(20-7-5-17-18-20)10-19(6-1)11-13-9-16-15(22-13)14-4-2-8-21-14/h2,4-5,7-9,12H,1,3,6,10-11H2. The highest BCUT2D eigenvalue weighted by molar-refractivity contribution is 7.20. The third kappa shape index (κ3) is 2.97. The molecule has 1 saturated heterocycles. The molecule has 5 nitrogen and oxygen atoms in total. The molecular weight excluding hydrogens is 314 g/mol. The maximum Gasteiger partial charge on any atom is 0.133 e. The number of likely N-dealkylation sites (tertiary alicyclic amines) is 1. The van der Waals surface area contributed by atoms with Gasteiger partial charge in [-0.05, 0) is 30.8 Å². The van der Waals surface area contributed by atoms with Crippen LogP contribution in [-0.2, 0) is 6.54 Å². The van der Waals surface area contributed by atoms with E-state index in [1.165, 1.54) is 22.6 Å². The van der Waals surface area contributed by atoms with E-state index in [0.717, 1.165) is 24.6 Å². The van der Waals surface area contributed by atoms with E-state index in [-0.39, 0.29) is 0 Å². The molecule has 1 fully saturated rings. The topological polar surface area (TPSA) is 46.8 Å². The fourth-order valence-electron chi connectivity index (χ4n) is 2.92. The van der Waals surface area contributed by atoms with Crippen LogP contribution < -0.4 is 0 Å². The lowest BCUT2D eigenvalue weighted by atomic mass is 10.1. The Kier molecular flexibility index (Phi) is 4.01. The number of piperidine rings is 1. The van der Waals surface area contributed by atoms with E-state index in [1.54, 1.807) is 28.9 Å². The second kappa shape index (κ2) is 6.28. The summed E-state index contributed by atoms with van der Waals surface area (Å²) in [4.78, 5) is 9.66. The molecule has 1 unspecified atom stereocenters. The number of rotatable bonds is 4. The van der Waals surface area contributed by atoms with Crippen LogP contribution in [0.5, 0.6) is 0 Å². The first-order valence-corrected chi connectivity index (χ1v) is 9.15. The second-order valence-electron chi connectivity index (χ2n) is 5.52. The molecule has 1 aliphatic rings.